The van der Waals surface area contributed by atoms with Crippen molar-refractivity contribution in [2.24, 2.45) is 5.73 Å². The molecular formula is C13H19NO2. The third-order valence-electron chi connectivity index (χ3n) is 3.14. The number of hydrogen-bond donors (Lipinski definition) is 2. The summed E-state index contributed by atoms with van der Waals surface area (Å²) in [6, 6.07) is 2.05. The molecule has 3 nitrogen and oxygen atoms in total. The molecule has 1 aromatic carbocycles. The fourth-order valence-electron chi connectivity index (χ4n) is 1.86. The molecule has 0 aliphatic carbocycles. The van der Waals surface area contributed by atoms with Gasteiger partial charge in [-0.25, -0.2) is 0 Å². The smallest absolute Gasteiger partial charge is 0.193 e. The van der Waals surface area contributed by atoms with E-state index in [4.69, 9.17) is 5.73 Å². The summed E-state index contributed by atoms with van der Waals surface area (Å²) in [5.41, 5.74) is 9.93. The molecule has 88 valence electrons. The van der Waals surface area contributed by atoms with Crippen molar-refractivity contribution < 1.29 is 9.90 Å². The molecule has 0 spiro atoms. The highest BCUT2D eigenvalue weighted by atomic mass is 16.3. The fraction of sp³-hybridized carbons (Fsp3) is 0.462. The van der Waals surface area contributed by atoms with Crippen LogP contribution in [0.5, 0.6) is 0 Å². The predicted octanol–water partition coefficient (Wildman–Crippen LogP) is 1.42. The van der Waals surface area contributed by atoms with Gasteiger partial charge in [0.1, 0.15) is 6.10 Å². The summed E-state index contributed by atoms with van der Waals surface area (Å²) in [4.78, 5) is 12.0. The van der Waals surface area contributed by atoms with Gasteiger partial charge in [-0.15, -0.1) is 0 Å². The molecule has 0 amide bonds. The second-order valence-corrected chi connectivity index (χ2v) is 4.25. The Bertz CT molecular complexity index is 398. The molecule has 0 saturated heterocycles. The highest BCUT2D eigenvalue weighted by molar-refractivity contribution is 6.02. The zero-order valence-corrected chi connectivity index (χ0v) is 10.3. The Morgan fingerprint density at radius 2 is 1.69 bits per heavy atom. The molecule has 0 aromatic heterocycles. The number of ketones is 1. The van der Waals surface area contributed by atoms with Gasteiger partial charge in [-0.1, -0.05) is 6.07 Å². The summed E-state index contributed by atoms with van der Waals surface area (Å²) in [5, 5.41) is 9.54. The number of hydrogen-bond acceptors (Lipinski definition) is 3. The van der Waals surface area contributed by atoms with Crippen molar-refractivity contribution >= 4 is 5.78 Å². The van der Waals surface area contributed by atoms with Crippen LogP contribution in [0, 0.1) is 27.7 Å². The number of benzene rings is 1. The van der Waals surface area contributed by atoms with Gasteiger partial charge in [-0.2, -0.15) is 0 Å². The van der Waals surface area contributed by atoms with E-state index in [0.717, 1.165) is 22.3 Å². The first-order valence-electron chi connectivity index (χ1n) is 5.39. The minimum Gasteiger partial charge on any atom is -0.384 e. The van der Waals surface area contributed by atoms with E-state index in [1.54, 1.807) is 0 Å². The SMILES string of the molecule is Cc1cc(C)c(C)c(C(=O)C(O)CN)c1C. The van der Waals surface area contributed by atoms with Crippen molar-refractivity contribution in [3.8, 4) is 0 Å². The number of carbonyl (C=O) groups excluding carboxylic acids is 1. The van der Waals surface area contributed by atoms with E-state index in [0.29, 0.717) is 5.56 Å². The topological polar surface area (TPSA) is 63.3 Å². The van der Waals surface area contributed by atoms with Crippen LogP contribution >= 0.6 is 0 Å². The van der Waals surface area contributed by atoms with Gasteiger partial charge in [-0.3, -0.25) is 4.79 Å². The van der Waals surface area contributed by atoms with Crippen molar-refractivity contribution in [3.63, 3.8) is 0 Å². The average molecular weight is 221 g/mol. The summed E-state index contributed by atoms with van der Waals surface area (Å²) < 4.78 is 0. The molecule has 1 atom stereocenters. The van der Waals surface area contributed by atoms with Crippen LogP contribution in [-0.4, -0.2) is 23.5 Å². The normalized spacial score (nSPS) is 12.6. The molecule has 0 bridgehead atoms. The average Bonchev–Trinajstić information content (AvgIpc) is 2.25. The van der Waals surface area contributed by atoms with Gasteiger partial charge in [0.25, 0.3) is 0 Å². The molecule has 0 aliphatic heterocycles. The van der Waals surface area contributed by atoms with Crippen LogP contribution in [0.25, 0.3) is 0 Å². The third-order valence-corrected chi connectivity index (χ3v) is 3.14. The fourth-order valence-corrected chi connectivity index (χ4v) is 1.86. The predicted molar refractivity (Wildman–Crippen MR) is 64.8 cm³/mol. The highest BCUT2D eigenvalue weighted by Gasteiger charge is 2.21. The molecule has 1 unspecified atom stereocenters. The molecular weight excluding hydrogens is 202 g/mol. The molecule has 0 fully saturated rings. The molecule has 0 saturated carbocycles. The number of aliphatic hydroxyl groups is 1. The Morgan fingerprint density at radius 1 is 1.25 bits per heavy atom. The Balaban J connectivity index is 3.38. The van der Waals surface area contributed by atoms with Gasteiger partial charge < -0.3 is 10.8 Å². The van der Waals surface area contributed by atoms with Crippen molar-refractivity contribution in [1.82, 2.24) is 0 Å². The summed E-state index contributed by atoms with van der Waals surface area (Å²) in [6.07, 6.45) is -1.10. The number of rotatable bonds is 3. The van der Waals surface area contributed by atoms with Gasteiger partial charge in [0.15, 0.2) is 5.78 Å². The van der Waals surface area contributed by atoms with Crippen molar-refractivity contribution in [1.29, 1.82) is 0 Å². The van der Waals surface area contributed by atoms with E-state index in [-0.39, 0.29) is 12.3 Å². The Kier molecular flexibility index (Phi) is 3.83. The largest absolute Gasteiger partial charge is 0.384 e. The summed E-state index contributed by atoms with van der Waals surface area (Å²) in [6.45, 7) is 7.70. The van der Waals surface area contributed by atoms with E-state index >= 15 is 0 Å². The monoisotopic (exact) mass is 221 g/mol. The number of aryl methyl sites for hydroxylation is 2. The lowest BCUT2D eigenvalue weighted by Crippen LogP contribution is -2.30. The van der Waals surface area contributed by atoms with Crippen LogP contribution in [0.15, 0.2) is 6.07 Å². The van der Waals surface area contributed by atoms with E-state index in [2.05, 4.69) is 6.07 Å². The number of aliphatic hydroxyl groups excluding tert-OH is 1. The van der Waals surface area contributed by atoms with Crippen LogP contribution in [0.4, 0.5) is 0 Å². The highest BCUT2D eigenvalue weighted by Crippen LogP contribution is 2.22. The lowest BCUT2D eigenvalue weighted by molar-refractivity contribution is 0.0761. The maximum Gasteiger partial charge on any atom is 0.193 e. The van der Waals surface area contributed by atoms with Crippen LogP contribution < -0.4 is 5.73 Å². The lowest BCUT2D eigenvalue weighted by atomic mass is 9.90. The Morgan fingerprint density at radius 3 is 2.06 bits per heavy atom. The van der Waals surface area contributed by atoms with Crippen LogP contribution in [0.2, 0.25) is 0 Å². The van der Waals surface area contributed by atoms with Crippen molar-refractivity contribution in [3.05, 3.63) is 33.9 Å². The van der Waals surface area contributed by atoms with E-state index in [1.165, 1.54) is 0 Å². The van der Waals surface area contributed by atoms with Crippen LogP contribution in [-0.2, 0) is 0 Å². The minimum atomic E-state index is -1.10. The van der Waals surface area contributed by atoms with Gasteiger partial charge in [-0.05, 0) is 49.9 Å². The van der Waals surface area contributed by atoms with Gasteiger partial charge in [0, 0.05) is 12.1 Å². The first-order chi connectivity index (χ1) is 7.40. The zero-order valence-electron chi connectivity index (χ0n) is 10.3. The maximum absolute atomic E-state index is 12.0. The standard InChI is InChI=1S/C13H19NO2/c1-7-5-8(2)10(4)12(9(7)3)13(16)11(15)6-14/h5,11,15H,6,14H2,1-4H3. The molecule has 0 aliphatic rings. The summed E-state index contributed by atoms with van der Waals surface area (Å²) in [5.74, 6) is -0.274. The molecule has 16 heavy (non-hydrogen) atoms. The molecule has 3 heteroatoms. The van der Waals surface area contributed by atoms with Crippen molar-refractivity contribution in [2.75, 3.05) is 6.54 Å². The first-order valence-corrected chi connectivity index (χ1v) is 5.39. The Labute approximate surface area is 96.3 Å². The molecule has 0 heterocycles. The maximum atomic E-state index is 12.0. The summed E-state index contributed by atoms with van der Waals surface area (Å²) in [7, 11) is 0. The molecule has 1 rings (SSSR count). The second-order valence-electron chi connectivity index (χ2n) is 4.25. The first kappa shape index (κ1) is 12.9. The molecule has 3 N–H and O–H groups in total. The minimum absolute atomic E-state index is 0.0370. The number of carbonyl (C=O) groups is 1. The molecule has 1 aromatic rings. The van der Waals surface area contributed by atoms with E-state index < -0.39 is 6.10 Å². The quantitative estimate of drug-likeness (QED) is 0.759. The van der Waals surface area contributed by atoms with Crippen LogP contribution in [0.3, 0.4) is 0 Å². The second kappa shape index (κ2) is 4.76. The number of Topliss-reactive ketones (excluding diaryl/α,β-unsaturated/α-hetero) is 1. The van der Waals surface area contributed by atoms with E-state index in [1.807, 2.05) is 27.7 Å². The van der Waals surface area contributed by atoms with Gasteiger partial charge in [0.2, 0.25) is 0 Å². The van der Waals surface area contributed by atoms with Gasteiger partial charge in [0.05, 0.1) is 0 Å². The summed E-state index contributed by atoms with van der Waals surface area (Å²) >= 11 is 0. The Hall–Kier alpha value is -1.19. The lowest BCUT2D eigenvalue weighted by Gasteiger charge is -2.16. The van der Waals surface area contributed by atoms with Crippen molar-refractivity contribution in [2.45, 2.75) is 33.8 Å². The van der Waals surface area contributed by atoms with Gasteiger partial charge >= 0.3 is 0 Å². The third kappa shape index (κ3) is 2.15. The van der Waals surface area contributed by atoms with Crippen LogP contribution in [0.1, 0.15) is 32.6 Å². The molecule has 0 radical (unpaired) electrons. The zero-order chi connectivity index (χ0) is 12.5. The van der Waals surface area contributed by atoms with E-state index in [9.17, 15) is 9.90 Å². The number of nitrogens with two attached hydrogens (primary N) is 1.